The number of aryl methyl sites for hydroxylation is 1. The van der Waals surface area contributed by atoms with Crippen molar-refractivity contribution in [1.29, 1.82) is 0 Å². The highest BCUT2D eigenvalue weighted by molar-refractivity contribution is 5.70. The zero-order chi connectivity index (χ0) is 40.6. The summed E-state index contributed by atoms with van der Waals surface area (Å²) < 4.78 is 24.6. The summed E-state index contributed by atoms with van der Waals surface area (Å²) >= 11 is 0. The first-order valence-electron chi connectivity index (χ1n) is 23.7. The normalized spacial score (nSPS) is 11.6. The second kappa shape index (κ2) is 39.8. The molecule has 0 aromatic carbocycles. The lowest BCUT2D eigenvalue weighted by Gasteiger charge is -2.22. The molecule has 0 aliphatic heterocycles. The first kappa shape index (κ1) is 52.0. The van der Waals surface area contributed by atoms with E-state index in [0.29, 0.717) is 32.2 Å². The standard InChI is InChI=1S/C47H89N3O6/c1-5-7-9-11-13-15-17-19-21-23-25-27-38-53-40-42-55-45(51)30-35-49(33-29-34-50-37-32-48-47(50)44(3)4)36-31-46(52)56-43-41-54-39-28-26-24-22-20-18-16-14-12-10-8-6-2/h32,37,44H,5-31,33-36,38-43H2,1-4H3. The van der Waals surface area contributed by atoms with Crippen LogP contribution in [-0.2, 0) is 35.1 Å². The molecular weight excluding hydrogens is 703 g/mol. The number of nitrogens with zero attached hydrogens (tertiary/aromatic N) is 3. The van der Waals surface area contributed by atoms with Gasteiger partial charge in [-0.15, -0.1) is 0 Å². The van der Waals surface area contributed by atoms with Gasteiger partial charge in [-0.3, -0.25) is 9.59 Å². The van der Waals surface area contributed by atoms with Gasteiger partial charge in [0.05, 0.1) is 26.1 Å². The molecule has 0 atom stereocenters. The largest absolute Gasteiger partial charge is 0.463 e. The minimum atomic E-state index is -0.228. The Morgan fingerprint density at radius 3 is 1.32 bits per heavy atom. The molecule has 0 unspecified atom stereocenters. The minimum absolute atomic E-state index is 0.228. The maximum absolute atomic E-state index is 12.6. The molecular formula is C47H89N3O6. The van der Waals surface area contributed by atoms with Gasteiger partial charge in [0, 0.05) is 51.2 Å². The van der Waals surface area contributed by atoms with Crippen LogP contribution in [0.15, 0.2) is 12.4 Å². The van der Waals surface area contributed by atoms with Crippen molar-refractivity contribution in [2.24, 2.45) is 0 Å². The summed E-state index contributed by atoms with van der Waals surface area (Å²) in [7, 11) is 0. The molecule has 1 heterocycles. The van der Waals surface area contributed by atoms with Gasteiger partial charge in [0.2, 0.25) is 0 Å². The summed E-state index contributed by atoms with van der Waals surface area (Å²) in [6, 6.07) is 0. The molecule has 0 N–H and O–H groups in total. The SMILES string of the molecule is CCCCCCCCCCCCCCOCCOC(=O)CCN(CCCn1ccnc1C(C)C)CCC(=O)OCCOCCCCCCCCCCCCCC. The molecule has 0 radical (unpaired) electrons. The lowest BCUT2D eigenvalue weighted by atomic mass is 10.1. The number of unbranched alkanes of at least 4 members (excludes halogenated alkanes) is 22. The molecule has 0 saturated carbocycles. The lowest BCUT2D eigenvalue weighted by Crippen LogP contribution is -2.31. The molecule has 1 aromatic rings. The van der Waals surface area contributed by atoms with Crippen LogP contribution in [0.1, 0.15) is 213 Å². The van der Waals surface area contributed by atoms with Gasteiger partial charge in [-0.2, -0.15) is 0 Å². The topological polar surface area (TPSA) is 92.1 Å². The van der Waals surface area contributed by atoms with Gasteiger partial charge in [0.1, 0.15) is 19.0 Å². The monoisotopic (exact) mass is 792 g/mol. The highest BCUT2D eigenvalue weighted by Crippen LogP contribution is 2.15. The van der Waals surface area contributed by atoms with Crippen LogP contribution in [0.4, 0.5) is 0 Å². The zero-order valence-electron chi connectivity index (χ0n) is 37.2. The summed E-state index contributed by atoms with van der Waals surface area (Å²) in [5.41, 5.74) is 0. The molecule has 0 aliphatic rings. The Hall–Kier alpha value is -1.97. The lowest BCUT2D eigenvalue weighted by molar-refractivity contribution is -0.145. The van der Waals surface area contributed by atoms with Crippen LogP contribution in [0.25, 0.3) is 0 Å². The predicted molar refractivity (Wildman–Crippen MR) is 232 cm³/mol. The highest BCUT2D eigenvalue weighted by Gasteiger charge is 2.14. The minimum Gasteiger partial charge on any atom is -0.463 e. The molecule has 1 rings (SSSR count). The molecule has 56 heavy (non-hydrogen) atoms. The number of rotatable bonds is 43. The molecule has 0 fully saturated rings. The van der Waals surface area contributed by atoms with Gasteiger partial charge in [0.15, 0.2) is 0 Å². The van der Waals surface area contributed by atoms with Gasteiger partial charge in [-0.1, -0.05) is 169 Å². The van der Waals surface area contributed by atoms with Crippen LogP contribution < -0.4 is 0 Å². The van der Waals surface area contributed by atoms with Gasteiger partial charge in [-0.05, 0) is 25.8 Å². The average molecular weight is 792 g/mol. The molecule has 328 valence electrons. The number of carbonyl (C=O) groups is 2. The highest BCUT2D eigenvalue weighted by atomic mass is 16.6. The fourth-order valence-electron chi connectivity index (χ4n) is 7.18. The first-order valence-corrected chi connectivity index (χ1v) is 23.7. The maximum atomic E-state index is 12.6. The molecule has 0 amide bonds. The van der Waals surface area contributed by atoms with Crippen molar-refractivity contribution in [3.8, 4) is 0 Å². The number of aromatic nitrogens is 2. The van der Waals surface area contributed by atoms with Gasteiger partial charge < -0.3 is 28.4 Å². The number of esters is 2. The Bertz CT molecular complexity index is 950. The van der Waals surface area contributed by atoms with E-state index in [0.717, 1.165) is 51.4 Å². The third-order valence-electron chi connectivity index (χ3n) is 10.7. The Morgan fingerprint density at radius 1 is 0.536 bits per heavy atom. The number of hydrogen-bond acceptors (Lipinski definition) is 8. The van der Waals surface area contributed by atoms with Crippen molar-refractivity contribution in [3.63, 3.8) is 0 Å². The van der Waals surface area contributed by atoms with Crippen molar-refractivity contribution in [1.82, 2.24) is 14.5 Å². The summed E-state index contributed by atoms with van der Waals surface area (Å²) in [5.74, 6) is 0.973. The van der Waals surface area contributed by atoms with Gasteiger partial charge in [-0.25, -0.2) is 4.98 Å². The van der Waals surface area contributed by atoms with Crippen LogP contribution >= 0.6 is 0 Å². The van der Waals surface area contributed by atoms with E-state index >= 15 is 0 Å². The Labute approximate surface area is 345 Å². The first-order chi connectivity index (χ1) is 27.5. The molecule has 9 heteroatoms. The predicted octanol–water partition coefficient (Wildman–Crippen LogP) is 12.0. The molecule has 0 bridgehead atoms. The smallest absolute Gasteiger partial charge is 0.307 e. The van der Waals surface area contributed by atoms with E-state index in [1.165, 1.54) is 141 Å². The number of hydrogen-bond donors (Lipinski definition) is 0. The number of imidazole rings is 1. The van der Waals surface area contributed by atoms with E-state index in [-0.39, 0.29) is 38.0 Å². The van der Waals surface area contributed by atoms with E-state index in [1.54, 1.807) is 0 Å². The molecule has 0 spiro atoms. The van der Waals surface area contributed by atoms with Crippen LogP contribution in [0.3, 0.4) is 0 Å². The third-order valence-corrected chi connectivity index (χ3v) is 10.7. The number of ether oxygens (including phenoxy) is 4. The van der Waals surface area contributed by atoms with E-state index in [1.807, 2.05) is 12.4 Å². The maximum Gasteiger partial charge on any atom is 0.307 e. The molecule has 9 nitrogen and oxygen atoms in total. The Kier molecular flexibility index (Phi) is 37.0. The summed E-state index contributed by atoms with van der Waals surface area (Å²) in [5, 5.41) is 0. The van der Waals surface area contributed by atoms with Crippen molar-refractivity contribution < 1.29 is 28.5 Å². The van der Waals surface area contributed by atoms with E-state index in [4.69, 9.17) is 18.9 Å². The Morgan fingerprint density at radius 2 is 0.929 bits per heavy atom. The van der Waals surface area contributed by atoms with Gasteiger partial charge >= 0.3 is 11.9 Å². The third kappa shape index (κ3) is 33.0. The van der Waals surface area contributed by atoms with Crippen molar-refractivity contribution >= 4 is 11.9 Å². The summed E-state index contributed by atoms with van der Waals surface area (Å²) in [4.78, 5) is 31.8. The van der Waals surface area contributed by atoms with Crippen molar-refractivity contribution in [2.45, 2.75) is 214 Å². The van der Waals surface area contributed by atoms with Crippen LogP contribution in [0, 0.1) is 0 Å². The van der Waals surface area contributed by atoms with Crippen LogP contribution in [0.2, 0.25) is 0 Å². The second-order valence-corrected chi connectivity index (χ2v) is 16.3. The van der Waals surface area contributed by atoms with E-state index < -0.39 is 0 Å². The van der Waals surface area contributed by atoms with Crippen LogP contribution in [0.5, 0.6) is 0 Å². The molecule has 1 aromatic heterocycles. The zero-order valence-corrected chi connectivity index (χ0v) is 37.2. The second-order valence-electron chi connectivity index (χ2n) is 16.3. The Balaban J connectivity index is 2.18. The fraction of sp³-hybridized carbons (Fsp3) is 0.894. The van der Waals surface area contributed by atoms with Crippen LogP contribution in [-0.4, -0.2) is 85.7 Å². The molecule has 0 saturated heterocycles. The number of carbonyl (C=O) groups excluding carboxylic acids is 2. The summed E-state index contributed by atoms with van der Waals surface area (Å²) in [6.07, 6.45) is 37.1. The van der Waals surface area contributed by atoms with Crippen molar-refractivity contribution in [3.05, 3.63) is 18.2 Å². The van der Waals surface area contributed by atoms with Crippen molar-refractivity contribution in [2.75, 3.05) is 59.3 Å². The molecule has 0 aliphatic carbocycles. The van der Waals surface area contributed by atoms with Gasteiger partial charge in [0.25, 0.3) is 0 Å². The van der Waals surface area contributed by atoms with E-state index in [9.17, 15) is 9.59 Å². The quantitative estimate of drug-likeness (QED) is 0.0477. The van der Waals surface area contributed by atoms with E-state index in [2.05, 4.69) is 42.1 Å². The fourth-order valence-corrected chi connectivity index (χ4v) is 7.18. The summed E-state index contributed by atoms with van der Waals surface area (Å²) in [6.45, 7) is 14.4. The average Bonchev–Trinajstić information content (AvgIpc) is 3.67.